The first-order chi connectivity index (χ1) is 17.1. The molecular formula is C26H31ClN6O3. The number of piperidine rings is 1. The van der Waals surface area contributed by atoms with Crippen molar-refractivity contribution in [2.75, 3.05) is 28.6 Å². The second kappa shape index (κ2) is 9.28. The van der Waals surface area contributed by atoms with Gasteiger partial charge in [0.25, 0.3) is 5.56 Å². The number of carbonyl (C=O) groups is 1. The standard InChI is InChI=1S/C26H31ClN6O3/c1-13-8-14(2)12-33(11-13)26-28-10-19(27)23(31-26)30-17-6-7-20-18(9-17)22-21(24(34)32(20)5)25(35)36-16(4)15(3)29-22/h6-7,9-10,13-16,29H,8,11-12H2,1-5H3,(H,28,30,31)/t13-,14+,15?,16?. The molecule has 9 nitrogen and oxygen atoms in total. The van der Waals surface area contributed by atoms with E-state index in [4.69, 9.17) is 21.3 Å². The van der Waals surface area contributed by atoms with Gasteiger partial charge in [0.1, 0.15) is 16.7 Å². The number of rotatable bonds is 3. The number of aromatic nitrogens is 3. The van der Waals surface area contributed by atoms with Crippen molar-refractivity contribution in [1.82, 2.24) is 14.5 Å². The molecule has 0 saturated carbocycles. The van der Waals surface area contributed by atoms with Gasteiger partial charge in [0.2, 0.25) is 5.95 Å². The zero-order chi connectivity index (χ0) is 25.7. The van der Waals surface area contributed by atoms with Crippen LogP contribution in [0, 0.1) is 11.8 Å². The lowest BCUT2D eigenvalue weighted by molar-refractivity contribution is 0.0325. The average Bonchev–Trinajstić information content (AvgIpc) is 2.93. The molecule has 0 bridgehead atoms. The number of fused-ring (bicyclic) bond motifs is 3. The van der Waals surface area contributed by atoms with Gasteiger partial charge in [0, 0.05) is 31.2 Å². The minimum atomic E-state index is -0.622. The summed E-state index contributed by atoms with van der Waals surface area (Å²) >= 11 is 6.47. The van der Waals surface area contributed by atoms with E-state index in [1.807, 2.05) is 25.1 Å². The Kier molecular flexibility index (Phi) is 6.28. The van der Waals surface area contributed by atoms with Crippen LogP contribution in [-0.4, -0.2) is 45.7 Å². The molecule has 0 aliphatic carbocycles. The number of hydrogen-bond acceptors (Lipinski definition) is 8. The molecule has 4 atom stereocenters. The summed E-state index contributed by atoms with van der Waals surface area (Å²) in [6.45, 7) is 10.0. The number of ether oxygens (including phenoxy) is 1. The molecule has 190 valence electrons. The smallest absolute Gasteiger partial charge is 0.346 e. The van der Waals surface area contributed by atoms with E-state index in [9.17, 15) is 9.59 Å². The molecule has 1 aromatic carbocycles. The fourth-order valence-corrected chi connectivity index (χ4v) is 5.34. The number of carbonyl (C=O) groups excluding carboxylic acids is 1. The van der Waals surface area contributed by atoms with E-state index in [2.05, 4.69) is 34.4 Å². The largest absolute Gasteiger partial charge is 0.457 e. The third-order valence-electron chi connectivity index (χ3n) is 7.11. The van der Waals surface area contributed by atoms with Crippen molar-refractivity contribution in [2.45, 2.75) is 46.3 Å². The molecule has 2 unspecified atom stereocenters. The fraction of sp³-hybridized carbons (Fsp3) is 0.462. The van der Waals surface area contributed by atoms with E-state index < -0.39 is 11.5 Å². The number of nitrogens with zero attached hydrogens (tertiary/aromatic N) is 4. The Morgan fingerprint density at radius 3 is 2.58 bits per heavy atom. The normalized spacial score (nSPS) is 24.1. The number of anilines is 4. The Labute approximate surface area is 214 Å². The summed E-state index contributed by atoms with van der Waals surface area (Å²) in [7, 11) is 1.65. The lowest BCUT2D eigenvalue weighted by Gasteiger charge is -2.35. The maximum Gasteiger partial charge on any atom is 0.346 e. The van der Waals surface area contributed by atoms with Crippen LogP contribution in [0.3, 0.4) is 0 Å². The number of esters is 1. The van der Waals surface area contributed by atoms with Gasteiger partial charge in [-0.3, -0.25) is 4.79 Å². The van der Waals surface area contributed by atoms with Crippen molar-refractivity contribution in [3.63, 3.8) is 0 Å². The second-order valence-electron chi connectivity index (χ2n) is 10.2. The average molecular weight is 511 g/mol. The van der Waals surface area contributed by atoms with Gasteiger partial charge in [-0.25, -0.2) is 9.78 Å². The van der Waals surface area contributed by atoms with Gasteiger partial charge < -0.3 is 24.8 Å². The number of halogens is 1. The van der Waals surface area contributed by atoms with Crippen LogP contribution in [0.25, 0.3) is 10.9 Å². The van der Waals surface area contributed by atoms with Crippen LogP contribution >= 0.6 is 11.6 Å². The highest BCUT2D eigenvalue weighted by Crippen LogP contribution is 2.33. The molecule has 2 aliphatic rings. The molecule has 5 rings (SSSR count). The van der Waals surface area contributed by atoms with Crippen molar-refractivity contribution in [3.05, 3.63) is 45.3 Å². The number of cyclic esters (lactones) is 1. The molecule has 0 spiro atoms. The van der Waals surface area contributed by atoms with Gasteiger partial charge in [0.15, 0.2) is 5.82 Å². The lowest BCUT2D eigenvalue weighted by atomic mass is 9.92. The van der Waals surface area contributed by atoms with Crippen LogP contribution in [-0.2, 0) is 11.8 Å². The molecule has 2 aliphatic heterocycles. The fourth-order valence-electron chi connectivity index (χ4n) is 5.20. The molecule has 2 aromatic heterocycles. The van der Waals surface area contributed by atoms with Gasteiger partial charge in [-0.05, 0) is 50.3 Å². The highest BCUT2D eigenvalue weighted by Gasteiger charge is 2.31. The van der Waals surface area contributed by atoms with E-state index in [1.54, 1.807) is 20.2 Å². The van der Waals surface area contributed by atoms with Crippen LogP contribution in [0.5, 0.6) is 0 Å². The minimum Gasteiger partial charge on any atom is -0.457 e. The van der Waals surface area contributed by atoms with E-state index in [1.165, 1.54) is 11.0 Å². The molecule has 4 heterocycles. The highest BCUT2D eigenvalue weighted by molar-refractivity contribution is 6.33. The first kappa shape index (κ1) is 24.4. The van der Waals surface area contributed by atoms with Gasteiger partial charge >= 0.3 is 5.97 Å². The summed E-state index contributed by atoms with van der Waals surface area (Å²) in [5.41, 5.74) is 1.50. The lowest BCUT2D eigenvalue weighted by Crippen LogP contribution is -2.39. The molecule has 2 N–H and O–H groups in total. The van der Waals surface area contributed by atoms with Crippen molar-refractivity contribution in [2.24, 2.45) is 18.9 Å². The number of nitrogens with one attached hydrogen (secondary N) is 2. The zero-order valence-corrected chi connectivity index (χ0v) is 21.9. The summed E-state index contributed by atoms with van der Waals surface area (Å²) in [5, 5.41) is 7.77. The SMILES string of the molecule is CC1Nc2c(c(=O)n(C)c3ccc(Nc4nc(N5C[C@H](C)C[C@H](C)C5)ncc4Cl)cc23)C(=O)OC1C. The summed E-state index contributed by atoms with van der Waals surface area (Å²) in [5.74, 6) is 1.65. The molecule has 36 heavy (non-hydrogen) atoms. The summed E-state index contributed by atoms with van der Waals surface area (Å²) < 4.78 is 6.96. The second-order valence-corrected chi connectivity index (χ2v) is 10.6. The number of benzene rings is 1. The number of pyridine rings is 1. The Hall–Kier alpha value is -3.33. The van der Waals surface area contributed by atoms with Gasteiger partial charge in [0.05, 0.1) is 23.4 Å². The summed E-state index contributed by atoms with van der Waals surface area (Å²) in [4.78, 5) is 37.2. The van der Waals surface area contributed by atoms with Crippen LogP contribution in [0.2, 0.25) is 5.02 Å². The van der Waals surface area contributed by atoms with Crippen LogP contribution in [0.4, 0.5) is 23.1 Å². The monoisotopic (exact) mass is 510 g/mol. The first-order valence-corrected chi connectivity index (χ1v) is 12.7. The quantitative estimate of drug-likeness (QED) is 0.494. The molecule has 0 amide bonds. The van der Waals surface area contributed by atoms with Gasteiger partial charge in [-0.1, -0.05) is 25.4 Å². The van der Waals surface area contributed by atoms with E-state index in [0.29, 0.717) is 39.8 Å². The van der Waals surface area contributed by atoms with E-state index >= 15 is 0 Å². The molecule has 1 fully saturated rings. The van der Waals surface area contributed by atoms with Gasteiger partial charge in [-0.2, -0.15) is 4.98 Å². The Balaban J connectivity index is 1.55. The van der Waals surface area contributed by atoms with E-state index in [0.717, 1.165) is 24.2 Å². The first-order valence-electron chi connectivity index (χ1n) is 12.3. The molecule has 10 heteroatoms. The summed E-state index contributed by atoms with van der Waals surface area (Å²) in [6.07, 6.45) is 2.43. The van der Waals surface area contributed by atoms with Crippen molar-refractivity contribution in [3.8, 4) is 0 Å². The zero-order valence-electron chi connectivity index (χ0n) is 21.1. The van der Waals surface area contributed by atoms with Crippen molar-refractivity contribution in [1.29, 1.82) is 0 Å². The Morgan fingerprint density at radius 1 is 1.14 bits per heavy atom. The maximum absolute atomic E-state index is 13.0. The van der Waals surface area contributed by atoms with Crippen LogP contribution in [0.15, 0.2) is 29.2 Å². The highest BCUT2D eigenvalue weighted by atomic mass is 35.5. The van der Waals surface area contributed by atoms with Crippen LogP contribution in [0.1, 0.15) is 44.5 Å². The molecule has 0 radical (unpaired) electrons. The predicted molar refractivity (Wildman–Crippen MR) is 143 cm³/mol. The topological polar surface area (TPSA) is 101 Å². The molecule has 1 saturated heterocycles. The summed E-state index contributed by atoms with van der Waals surface area (Å²) in [6, 6.07) is 5.42. The maximum atomic E-state index is 13.0. The third kappa shape index (κ3) is 4.36. The number of aryl methyl sites for hydroxylation is 1. The predicted octanol–water partition coefficient (Wildman–Crippen LogP) is 4.57. The minimum absolute atomic E-state index is 0.00837. The van der Waals surface area contributed by atoms with Crippen molar-refractivity contribution < 1.29 is 9.53 Å². The van der Waals surface area contributed by atoms with Gasteiger partial charge in [-0.15, -0.1) is 0 Å². The number of hydrogen-bond donors (Lipinski definition) is 2. The Morgan fingerprint density at radius 2 is 1.86 bits per heavy atom. The van der Waals surface area contributed by atoms with E-state index in [-0.39, 0.29) is 17.7 Å². The third-order valence-corrected chi connectivity index (χ3v) is 7.39. The van der Waals surface area contributed by atoms with Crippen LogP contribution < -0.4 is 21.1 Å². The Bertz CT molecular complexity index is 1400. The molecule has 3 aromatic rings. The molecular weight excluding hydrogens is 480 g/mol. The van der Waals surface area contributed by atoms with Crippen molar-refractivity contribution >= 4 is 51.6 Å².